The third-order valence-electron chi connectivity index (χ3n) is 5.60. The average Bonchev–Trinajstić information content (AvgIpc) is 2.71. The van der Waals surface area contributed by atoms with Crippen molar-refractivity contribution in [2.24, 2.45) is 5.92 Å². The van der Waals surface area contributed by atoms with Crippen LogP contribution in [0.4, 0.5) is 18.0 Å². The first kappa shape index (κ1) is 23.6. The molecule has 0 saturated carbocycles. The summed E-state index contributed by atoms with van der Waals surface area (Å²) in [6, 6.07) is 9.42. The Morgan fingerprint density at radius 1 is 1.03 bits per heavy atom. The number of hydrogen-bond acceptors (Lipinski definition) is 4. The van der Waals surface area contributed by atoms with Gasteiger partial charge in [0.1, 0.15) is 11.7 Å². The average molecular weight is 450 g/mol. The molecule has 2 aromatic carbocycles. The molecule has 2 amide bonds. The van der Waals surface area contributed by atoms with Gasteiger partial charge in [-0.3, -0.25) is 4.79 Å². The van der Waals surface area contributed by atoms with Crippen LogP contribution in [0.15, 0.2) is 48.5 Å². The fourth-order valence-electron chi connectivity index (χ4n) is 3.74. The van der Waals surface area contributed by atoms with Gasteiger partial charge >= 0.3 is 12.2 Å². The number of ether oxygens (including phenoxy) is 1. The molecule has 0 radical (unpaired) electrons. The number of methoxy groups -OCH3 is 1. The van der Waals surface area contributed by atoms with Gasteiger partial charge in [-0.15, -0.1) is 0 Å². The molecule has 1 aliphatic rings. The number of carbonyl (C=O) groups excluding carboxylic acids is 2. The van der Waals surface area contributed by atoms with Crippen molar-refractivity contribution in [2.45, 2.75) is 44.1 Å². The van der Waals surface area contributed by atoms with Crippen LogP contribution in [0.3, 0.4) is 0 Å². The minimum Gasteiger partial charge on any atom is -0.497 e. The minimum atomic E-state index is -5.30. The highest BCUT2D eigenvalue weighted by atomic mass is 19.4. The van der Waals surface area contributed by atoms with E-state index in [2.05, 4.69) is 5.32 Å². The standard InChI is InChI=1S/C23H25F3N2O4/c1-21(2,3)15-9-5-13(6-10-15)18-17(19(29)14-7-11-16(32-4)12-8-14)22(31,23(24,25)26)28-20(30)27-18/h5-12,17-18,31H,1-4H3,(H2,27,28,30)/t17-,18-,22-/m0/s1. The number of alkyl halides is 3. The molecule has 2 aromatic rings. The van der Waals surface area contributed by atoms with Gasteiger partial charge in [0.15, 0.2) is 5.78 Å². The second-order valence-corrected chi connectivity index (χ2v) is 8.78. The van der Waals surface area contributed by atoms with E-state index in [-0.39, 0.29) is 16.5 Å². The van der Waals surface area contributed by atoms with Gasteiger partial charge < -0.3 is 20.5 Å². The number of nitrogens with one attached hydrogen (secondary N) is 2. The molecule has 0 spiro atoms. The van der Waals surface area contributed by atoms with Gasteiger partial charge in [-0.25, -0.2) is 4.79 Å². The zero-order chi connectivity index (χ0) is 23.9. The summed E-state index contributed by atoms with van der Waals surface area (Å²) in [6.07, 6.45) is -5.30. The second-order valence-electron chi connectivity index (χ2n) is 8.78. The van der Waals surface area contributed by atoms with Gasteiger partial charge in [0.25, 0.3) is 0 Å². The van der Waals surface area contributed by atoms with Gasteiger partial charge in [-0.05, 0) is 40.8 Å². The van der Waals surface area contributed by atoms with E-state index in [4.69, 9.17) is 4.74 Å². The van der Waals surface area contributed by atoms with Crippen LogP contribution in [0, 0.1) is 5.92 Å². The maximum absolute atomic E-state index is 14.0. The normalized spacial score (nSPS) is 23.8. The largest absolute Gasteiger partial charge is 0.497 e. The summed E-state index contributed by atoms with van der Waals surface area (Å²) in [7, 11) is 1.41. The van der Waals surface area contributed by atoms with Crippen LogP contribution in [-0.4, -0.2) is 35.9 Å². The molecule has 172 valence electrons. The number of urea groups is 1. The molecular formula is C23H25F3N2O4. The number of halogens is 3. The summed E-state index contributed by atoms with van der Waals surface area (Å²) in [5, 5.41) is 14.6. The van der Waals surface area contributed by atoms with E-state index in [0.717, 1.165) is 5.56 Å². The van der Waals surface area contributed by atoms with Crippen LogP contribution in [0.5, 0.6) is 5.75 Å². The third kappa shape index (κ3) is 4.29. The molecule has 1 heterocycles. The molecule has 32 heavy (non-hydrogen) atoms. The van der Waals surface area contributed by atoms with Crippen LogP contribution in [0.2, 0.25) is 0 Å². The van der Waals surface area contributed by atoms with E-state index in [9.17, 15) is 27.9 Å². The van der Waals surface area contributed by atoms with Crippen molar-refractivity contribution in [1.82, 2.24) is 10.6 Å². The molecule has 3 atom stereocenters. The van der Waals surface area contributed by atoms with Crippen molar-refractivity contribution < 1.29 is 32.6 Å². The van der Waals surface area contributed by atoms with E-state index >= 15 is 0 Å². The number of rotatable bonds is 4. The number of amides is 2. The first-order valence-electron chi connectivity index (χ1n) is 9.94. The van der Waals surface area contributed by atoms with Gasteiger partial charge in [-0.1, -0.05) is 45.0 Å². The zero-order valence-corrected chi connectivity index (χ0v) is 18.1. The molecule has 0 bridgehead atoms. The first-order chi connectivity index (χ1) is 14.8. The van der Waals surface area contributed by atoms with Crippen LogP contribution < -0.4 is 15.4 Å². The Bertz CT molecular complexity index is 998. The summed E-state index contributed by atoms with van der Waals surface area (Å²) in [5.74, 6) is -2.64. The molecule has 3 rings (SSSR count). The molecule has 3 N–H and O–H groups in total. The number of Topliss-reactive ketones (excluding diaryl/α,β-unsaturated/α-hetero) is 1. The lowest BCUT2D eigenvalue weighted by molar-refractivity contribution is -0.287. The quantitative estimate of drug-likeness (QED) is 0.612. The van der Waals surface area contributed by atoms with E-state index in [1.54, 1.807) is 24.3 Å². The minimum absolute atomic E-state index is 0.0623. The molecule has 6 nitrogen and oxygen atoms in total. The summed E-state index contributed by atoms with van der Waals surface area (Å²) in [6.45, 7) is 5.94. The van der Waals surface area contributed by atoms with E-state index in [1.807, 2.05) is 20.8 Å². The molecule has 9 heteroatoms. The van der Waals surface area contributed by atoms with E-state index < -0.39 is 35.7 Å². The van der Waals surface area contributed by atoms with Crippen molar-refractivity contribution in [3.05, 3.63) is 65.2 Å². The van der Waals surface area contributed by atoms with Crippen molar-refractivity contribution in [3.8, 4) is 5.75 Å². The van der Waals surface area contributed by atoms with Crippen LogP contribution >= 0.6 is 0 Å². The summed E-state index contributed by atoms with van der Waals surface area (Å²) in [5.41, 5.74) is -2.85. The topological polar surface area (TPSA) is 87.7 Å². The number of ketones is 1. The highest BCUT2D eigenvalue weighted by Gasteiger charge is 2.66. The Morgan fingerprint density at radius 3 is 2.06 bits per heavy atom. The lowest BCUT2D eigenvalue weighted by atomic mass is 9.76. The smallest absolute Gasteiger partial charge is 0.437 e. The van der Waals surface area contributed by atoms with E-state index in [0.29, 0.717) is 5.75 Å². The molecule has 1 aliphatic heterocycles. The van der Waals surface area contributed by atoms with E-state index in [1.165, 1.54) is 36.7 Å². The fraction of sp³-hybridized carbons (Fsp3) is 0.391. The highest BCUT2D eigenvalue weighted by Crippen LogP contribution is 2.44. The summed E-state index contributed by atoms with van der Waals surface area (Å²) in [4.78, 5) is 25.4. The third-order valence-corrected chi connectivity index (χ3v) is 5.60. The van der Waals surface area contributed by atoms with Gasteiger partial charge in [0.05, 0.1) is 13.2 Å². The van der Waals surface area contributed by atoms with Crippen molar-refractivity contribution in [1.29, 1.82) is 0 Å². The molecule has 1 saturated heterocycles. The Kier molecular flexibility index (Phi) is 5.99. The Hall–Kier alpha value is -3.07. The lowest BCUT2D eigenvalue weighted by Gasteiger charge is -2.45. The number of carbonyl (C=O) groups is 2. The highest BCUT2D eigenvalue weighted by molar-refractivity contribution is 6.00. The van der Waals surface area contributed by atoms with Crippen LogP contribution in [0.1, 0.15) is 48.3 Å². The Morgan fingerprint density at radius 2 is 1.59 bits per heavy atom. The molecule has 0 unspecified atom stereocenters. The maximum Gasteiger partial charge on any atom is 0.437 e. The predicted molar refractivity (Wildman–Crippen MR) is 111 cm³/mol. The summed E-state index contributed by atoms with van der Waals surface area (Å²) < 4.78 is 47.0. The monoisotopic (exact) mass is 450 g/mol. The molecule has 1 fully saturated rings. The van der Waals surface area contributed by atoms with Crippen molar-refractivity contribution in [2.75, 3.05) is 7.11 Å². The van der Waals surface area contributed by atoms with Crippen LogP contribution in [0.25, 0.3) is 0 Å². The molecular weight excluding hydrogens is 425 g/mol. The predicted octanol–water partition coefficient (Wildman–Crippen LogP) is 4.10. The number of benzene rings is 2. The van der Waals surface area contributed by atoms with Crippen molar-refractivity contribution in [3.63, 3.8) is 0 Å². The Labute approximate surface area is 183 Å². The summed E-state index contributed by atoms with van der Waals surface area (Å²) >= 11 is 0. The second kappa shape index (κ2) is 8.12. The number of hydrogen-bond donors (Lipinski definition) is 3. The lowest BCUT2D eigenvalue weighted by Crippen LogP contribution is -2.72. The first-order valence-corrected chi connectivity index (χ1v) is 9.94. The zero-order valence-electron chi connectivity index (χ0n) is 18.1. The Balaban J connectivity index is 2.12. The van der Waals surface area contributed by atoms with Crippen molar-refractivity contribution >= 4 is 11.8 Å². The van der Waals surface area contributed by atoms with Gasteiger partial charge in [-0.2, -0.15) is 13.2 Å². The SMILES string of the molecule is COc1ccc(C(=O)[C@@H]2[C@H](c3ccc(C(C)(C)C)cc3)NC(=O)N[C@@]2(O)C(F)(F)F)cc1. The maximum atomic E-state index is 14.0. The van der Waals surface area contributed by atoms with Gasteiger partial charge in [0.2, 0.25) is 5.72 Å². The van der Waals surface area contributed by atoms with Crippen LogP contribution in [-0.2, 0) is 5.41 Å². The molecule has 0 aromatic heterocycles. The number of aliphatic hydroxyl groups is 1. The van der Waals surface area contributed by atoms with Gasteiger partial charge in [0, 0.05) is 5.56 Å². The fourth-order valence-corrected chi connectivity index (χ4v) is 3.74. The molecule has 0 aliphatic carbocycles.